The van der Waals surface area contributed by atoms with Gasteiger partial charge in [-0.25, -0.2) is 0 Å². The Hall–Kier alpha value is -3.01. The smallest absolute Gasteiger partial charge is 0.406 e. The average Bonchev–Trinajstić information content (AvgIpc) is 3.15. The molecule has 2 aromatic carbocycles. The number of aryl methyl sites for hydroxylation is 1. The molecule has 3 aromatic rings. The van der Waals surface area contributed by atoms with Gasteiger partial charge in [-0.1, -0.05) is 30.8 Å². The molecule has 0 aliphatic heterocycles. The van der Waals surface area contributed by atoms with Crippen molar-refractivity contribution < 1.29 is 22.7 Å². The predicted octanol–water partition coefficient (Wildman–Crippen LogP) is 5.16. The van der Waals surface area contributed by atoms with Crippen LogP contribution in [0.4, 0.5) is 18.9 Å². The minimum Gasteiger partial charge on any atom is -0.406 e. The van der Waals surface area contributed by atoms with Gasteiger partial charge in [0.25, 0.3) is 0 Å². The van der Waals surface area contributed by atoms with E-state index in [9.17, 15) is 18.0 Å². The summed E-state index contributed by atoms with van der Waals surface area (Å²) in [5.41, 5.74) is 2.51. The highest BCUT2D eigenvalue weighted by molar-refractivity contribution is 7.99. The molecule has 0 radical (unpaired) electrons. The Morgan fingerprint density at radius 3 is 2.32 bits per heavy atom. The molecule has 0 saturated carbocycles. The molecule has 6 nitrogen and oxygen atoms in total. The number of hydrogen-bond donors (Lipinski definition) is 1. The Balaban J connectivity index is 1.64. The summed E-state index contributed by atoms with van der Waals surface area (Å²) in [7, 11) is 0. The van der Waals surface area contributed by atoms with Crippen molar-refractivity contribution >= 4 is 23.4 Å². The summed E-state index contributed by atoms with van der Waals surface area (Å²) in [6.45, 7) is 4.49. The zero-order valence-electron chi connectivity index (χ0n) is 16.9. The van der Waals surface area contributed by atoms with Gasteiger partial charge in [0, 0.05) is 17.8 Å². The number of thioether (sulfide) groups is 1. The van der Waals surface area contributed by atoms with Crippen LogP contribution in [-0.4, -0.2) is 32.8 Å². The molecule has 31 heavy (non-hydrogen) atoms. The Morgan fingerprint density at radius 1 is 1.06 bits per heavy atom. The Morgan fingerprint density at radius 2 is 1.74 bits per heavy atom. The van der Waals surface area contributed by atoms with Crippen molar-refractivity contribution in [2.75, 3.05) is 11.1 Å². The van der Waals surface area contributed by atoms with Crippen LogP contribution >= 0.6 is 11.8 Å². The van der Waals surface area contributed by atoms with E-state index in [4.69, 9.17) is 0 Å². The molecule has 0 saturated heterocycles. The summed E-state index contributed by atoms with van der Waals surface area (Å²) < 4.78 is 42.7. The predicted molar refractivity (Wildman–Crippen MR) is 113 cm³/mol. The van der Waals surface area contributed by atoms with E-state index in [1.54, 1.807) is 4.57 Å². The lowest BCUT2D eigenvalue weighted by Gasteiger charge is -2.10. The average molecular weight is 450 g/mol. The summed E-state index contributed by atoms with van der Waals surface area (Å²) in [6.07, 6.45) is -3.81. The maximum atomic E-state index is 12.3. The lowest BCUT2D eigenvalue weighted by atomic mass is 10.1. The van der Waals surface area contributed by atoms with Gasteiger partial charge < -0.3 is 14.6 Å². The third-order valence-electron chi connectivity index (χ3n) is 4.36. The molecule has 1 aromatic heterocycles. The summed E-state index contributed by atoms with van der Waals surface area (Å²) >= 11 is 1.24. The fourth-order valence-corrected chi connectivity index (χ4v) is 3.65. The summed E-state index contributed by atoms with van der Waals surface area (Å²) in [4.78, 5) is 12.3. The number of carbonyl (C=O) groups is 1. The molecule has 0 atom stereocenters. The van der Waals surface area contributed by atoms with Crippen LogP contribution in [0.3, 0.4) is 0 Å². The number of benzene rings is 2. The van der Waals surface area contributed by atoms with Crippen LogP contribution in [0.5, 0.6) is 5.75 Å². The van der Waals surface area contributed by atoms with Gasteiger partial charge in [0.2, 0.25) is 5.91 Å². The van der Waals surface area contributed by atoms with Crippen molar-refractivity contribution in [3.8, 4) is 17.1 Å². The molecular formula is C21H21F3N4O2S. The molecule has 3 rings (SSSR count). The number of halogens is 3. The number of rotatable bonds is 8. The largest absolute Gasteiger partial charge is 0.573 e. The highest BCUT2D eigenvalue weighted by atomic mass is 32.2. The zero-order valence-corrected chi connectivity index (χ0v) is 17.8. The van der Waals surface area contributed by atoms with Crippen molar-refractivity contribution in [3.63, 3.8) is 0 Å². The summed E-state index contributed by atoms with van der Waals surface area (Å²) in [6, 6.07) is 13.1. The molecule has 1 N–H and O–H groups in total. The van der Waals surface area contributed by atoms with Gasteiger partial charge in [0.05, 0.1) is 5.75 Å². The normalized spacial score (nSPS) is 11.4. The van der Waals surface area contributed by atoms with E-state index < -0.39 is 6.36 Å². The topological polar surface area (TPSA) is 69.0 Å². The Labute approximate surface area is 181 Å². The van der Waals surface area contributed by atoms with Crippen LogP contribution in [0.2, 0.25) is 0 Å². The van der Waals surface area contributed by atoms with Crippen LogP contribution in [0, 0.1) is 0 Å². The van der Waals surface area contributed by atoms with E-state index >= 15 is 0 Å². The number of nitrogens with zero attached hydrogens (tertiary/aromatic N) is 3. The molecule has 0 unspecified atom stereocenters. The van der Waals surface area contributed by atoms with Gasteiger partial charge in [-0.05, 0) is 55.3 Å². The molecule has 0 aliphatic rings. The van der Waals surface area contributed by atoms with E-state index in [1.165, 1.54) is 41.6 Å². The lowest BCUT2D eigenvalue weighted by molar-refractivity contribution is -0.274. The number of nitrogens with one attached hydrogen (secondary N) is 1. The first-order valence-electron chi connectivity index (χ1n) is 9.60. The van der Waals surface area contributed by atoms with Crippen molar-refractivity contribution in [3.05, 3.63) is 54.1 Å². The fourth-order valence-electron chi connectivity index (χ4n) is 2.85. The number of ether oxygens (including phenoxy) is 1. The third-order valence-corrected chi connectivity index (χ3v) is 5.32. The van der Waals surface area contributed by atoms with Gasteiger partial charge in [-0.15, -0.1) is 23.4 Å². The molecule has 0 spiro atoms. The van der Waals surface area contributed by atoms with E-state index in [0.29, 0.717) is 23.1 Å². The molecule has 10 heteroatoms. The second-order valence-electron chi connectivity index (χ2n) is 6.51. The molecular weight excluding hydrogens is 429 g/mol. The van der Waals surface area contributed by atoms with Crippen molar-refractivity contribution in [2.45, 2.75) is 38.3 Å². The molecule has 0 fully saturated rings. The quantitative estimate of drug-likeness (QED) is 0.481. The monoisotopic (exact) mass is 450 g/mol. The van der Waals surface area contributed by atoms with E-state index in [0.717, 1.165) is 12.1 Å². The summed E-state index contributed by atoms with van der Waals surface area (Å²) in [5, 5.41) is 11.7. The Kier molecular flexibility index (Phi) is 7.21. The minimum atomic E-state index is -4.74. The second kappa shape index (κ2) is 9.86. The van der Waals surface area contributed by atoms with Gasteiger partial charge in [0.1, 0.15) is 5.75 Å². The van der Waals surface area contributed by atoms with Crippen LogP contribution in [0.15, 0.2) is 53.7 Å². The van der Waals surface area contributed by atoms with Gasteiger partial charge in [0.15, 0.2) is 11.0 Å². The first-order valence-corrected chi connectivity index (χ1v) is 10.6. The number of aromatic nitrogens is 3. The van der Waals surface area contributed by atoms with Crippen LogP contribution < -0.4 is 10.1 Å². The van der Waals surface area contributed by atoms with Gasteiger partial charge in [-0.3, -0.25) is 4.79 Å². The first-order chi connectivity index (χ1) is 14.8. The zero-order chi connectivity index (χ0) is 22.4. The fraction of sp³-hybridized carbons (Fsp3) is 0.286. The molecule has 1 amide bonds. The van der Waals surface area contributed by atoms with Crippen LogP contribution in [0.1, 0.15) is 19.4 Å². The standard InChI is InChI=1S/C21H21F3N4O2S/c1-3-14-5-9-16(10-6-14)25-18(29)13-31-20-27-26-19(28(20)4-2)15-7-11-17(12-8-15)30-21(22,23)24/h5-12H,3-4,13H2,1-2H3,(H,25,29). The number of alkyl halides is 3. The van der Waals surface area contributed by atoms with Crippen molar-refractivity contribution in [1.82, 2.24) is 14.8 Å². The maximum Gasteiger partial charge on any atom is 0.573 e. The maximum absolute atomic E-state index is 12.3. The lowest BCUT2D eigenvalue weighted by Crippen LogP contribution is -2.17. The van der Waals surface area contributed by atoms with Crippen molar-refractivity contribution in [2.24, 2.45) is 0 Å². The minimum absolute atomic E-state index is 0.145. The van der Waals surface area contributed by atoms with Crippen LogP contribution in [0.25, 0.3) is 11.4 Å². The summed E-state index contributed by atoms with van der Waals surface area (Å²) in [5.74, 6) is 0.165. The molecule has 0 aliphatic carbocycles. The van der Waals surface area contributed by atoms with E-state index in [1.807, 2.05) is 31.2 Å². The van der Waals surface area contributed by atoms with Crippen molar-refractivity contribution in [1.29, 1.82) is 0 Å². The van der Waals surface area contributed by atoms with Gasteiger partial charge >= 0.3 is 6.36 Å². The second-order valence-corrected chi connectivity index (χ2v) is 7.45. The molecule has 0 bridgehead atoms. The Bertz CT molecular complexity index is 1020. The highest BCUT2D eigenvalue weighted by Crippen LogP contribution is 2.28. The van der Waals surface area contributed by atoms with Crippen LogP contribution in [-0.2, 0) is 17.8 Å². The number of carbonyl (C=O) groups excluding carboxylic acids is 1. The number of amides is 1. The van der Waals surface area contributed by atoms with Gasteiger partial charge in [-0.2, -0.15) is 0 Å². The molecule has 1 heterocycles. The van der Waals surface area contributed by atoms with E-state index in [-0.39, 0.29) is 17.4 Å². The molecule has 164 valence electrons. The SMILES string of the molecule is CCc1ccc(NC(=O)CSc2nnc(-c3ccc(OC(F)(F)F)cc3)n2CC)cc1. The number of hydrogen-bond acceptors (Lipinski definition) is 5. The third kappa shape index (κ3) is 6.24. The highest BCUT2D eigenvalue weighted by Gasteiger charge is 2.31. The first kappa shape index (κ1) is 22.7. The number of anilines is 1. The van der Waals surface area contributed by atoms with E-state index in [2.05, 4.69) is 27.2 Å².